The van der Waals surface area contributed by atoms with Crippen LogP contribution >= 0.6 is 15.9 Å². The van der Waals surface area contributed by atoms with Crippen molar-refractivity contribution in [2.24, 2.45) is 0 Å². The van der Waals surface area contributed by atoms with Crippen molar-refractivity contribution in [1.82, 2.24) is 4.90 Å². The maximum Gasteiger partial charge on any atom is 0.291 e. The van der Waals surface area contributed by atoms with E-state index in [1.807, 2.05) is 81.4 Å². The van der Waals surface area contributed by atoms with Crippen LogP contribution in [0.4, 0.5) is 0 Å². The summed E-state index contributed by atoms with van der Waals surface area (Å²) in [6.07, 6.45) is 0. The summed E-state index contributed by atoms with van der Waals surface area (Å²) in [4.78, 5) is 29.0. The molecule has 0 saturated carbocycles. The van der Waals surface area contributed by atoms with Gasteiger partial charge in [0.15, 0.2) is 5.43 Å². The topological polar surface area (TPSA) is 50.5 Å². The smallest absolute Gasteiger partial charge is 0.291 e. The maximum atomic E-state index is 13.7. The average molecular weight is 488 g/mol. The normalized spacial score (nSPS) is 15.4. The Kier molecular flexibility index (Phi) is 5.01. The third kappa shape index (κ3) is 3.37. The molecular weight excluding hydrogens is 466 g/mol. The van der Waals surface area contributed by atoms with Crippen molar-refractivity contribution in [1.29, 1.82) is 0 Å². The summed E-state index contributed by atoms with van der Waals surface area (Å²) in [5.74, 6) is -0.120. The molecule has 0 saturated heterocycles. The monoisotopic (exact) mass is 487 g/mol. The summed E-state index contributed by atoms with van der Waals surface area (Å²) in [5.41, 5.74) is 5.78. The van der Waals surface area contributed by atoms with Crippen LogP contribution in [0.3, 0.4) is 0 Å². The van der Waals surface area contributed by atoms with Gasteiger partial charge in [0, 0.05) is 11.0 Å². The fourth-order valence-corrected chi connectivity index (χ4v) is 4.77. The fourth-order valence-electron chi connectivity index (χ4n) is 4.35. The molecular formula is C27H22BrNO3. The SMILES string of the molecule is Cc1ccc(CN2C(=O)c3oc4cc(C)c(C)cc4c(=O)c3[C@@H]2c2cccc(Br)c2)cc1. The van der Waals surface area contributed by atoms with Gasteiger partial charge < -0.3 is 9.32 Å². The third-order valence-electron chi connectivity index (χ3n) is 6.22. The molecule has 0 bridgehead atoms. The minimum atomic E-state index is -0.515. The predicted octanol–water partition coefficient (Wildman–Crippen LogP) is 6.23. The highest BCUT2D eigenvalue weighted by Gasteiger charge is 2.42. The number of nitrogens with zero attached hydrogens (tertiary/aromatic N) is 1. The molecule has 1 aliphatic rings. The maximum absolute atomic E-state index is 13.7. The number of hydrogen-bond acceptors (Lipinski definition) is 3. The van der Waals surface area contributed by atoms with Crippen molar-refractivity contribution in [3.05, 3.63) is 115 Å². The highest BCUT2D eigenvalue weighted by molar-refractivity contribution is 9.10. The van der Waals surface area contributed by atoms with Crippen molar-refractivity contribution < 1.29 is 9.21 Å². The fraction of sp³-hybridized carbons (Fsp3) is 0.185. The van der Waals surface area contributed by atoms with E-state index in [2.05, 4.69) is 15.9 Å². The van der Waals surface area contributed by atoms with Crippen LogP contribution in [0.15, 0.2) is 74.3 Å². The van der Waals surface area contributed by atoms with Gasteiger partial charge in [-0.3, -0.25) is 9.59 Å². The van der Waals surface area contributed by atoms with E-state index in [0.717, 1.165) is 32.3 Å². The van der Waals surface area contributed by atoms with E-state index in [0.29, 0.717) is 23.1 Å². The molecule has 0 spiro atoms. The Labute approximate surface area is 194 Å². The summed E-state index contributed by atoms with van der Waals surface area (Å²) in [5, 5.41) is 0.511. The first kappa shape index (κ1) is 20.7. The molecule has 32 heavy (non-hydrogen) atoms. The van der Waals surface area contributed by atoms with E-state index in [1.165, 1.54) is 0 Å². The van der Waals surface area contributed by atoms with Crippen LogP contribution in [0.2, 0.25) is 0 Å². The van der Waals surface area contributed by atoms with Crippen LogP contribution < -0.4 is 5.43 Å². The number of aryl methyl sites for hydroxylation is 3. The van der Waals surface area contributed by atoms with Crippen molar-refractivity contribution >= 4 is 32.8 Å². The molecule has 4 nitrogen and oxygen atoms in total. The van der Waals surface area contributed by atoms with E-state index in [-0.39, 0.29) is 17.1 Å². The zero-order chi connectivity index (χ0) is 22.6. The van der Waals surface area contributed by atoms with E-state index in [4.69, 9.17) is 4.42 Å². The van der Waals surface area contributed by atoms with Crippen LogP contribution in [0, 0.1) is 20.8 Å². The van der Waals surface area contributed by atoms with Gasteiger partial charge in [-0.05, 0) is 67.3 Å². The first-order valence-corrected chi connectivity index (χ1v) is 11.3. The Morgan fingerprint density at radius 2 is 1.66 bits per heavy atom. The summed E-state index contributed by atoms with van der Waals surface area (Å²) in [6, 6.07) is 19.0. The second-order valence-electron chi connectivity index (χ2n) is 8.48. The van der Waals surface area contributed by atoms with Crippen LogP contribution in [-0.2, 0) is 6.54 Å². The molecule has 1 amide bonds. The molecule has 4 aromatic rings. The molecule has 0 unspecified atom stereocenters. The molecule has 0 N–H and O–H groups in total. The van der Waals surface area contributed by atoms with Gasteiger partial charge in [-0.25, -0.2) is 0 Å². The van der Waals surface area contributed by atoms with Crippen molar-refractivity contribution in [2.45, 2.75) is 33.4 Å². The molecule has 5 heteroatoms. The molecule has 1 aliphatic heterocycles. The lowest BCUT2D eigenvalue weighted by molar-refractivity contribution is 0.0714. The second kappa shape index (κ2) is 7.75. The highest BCUT2D eigenvalue weighted by atomic mass is 79.9. The summed E-state index contributed by atoms with van der Waals surface area (Å²) < 4.78 is 6.99. The molecule has 2 heterocycles. The number of amides is 1. The van der Waals surface area contributed by atoms with Gasteiger partial charge in [0.05, 0.1) is 17.0 Å². The number of hydrogen-bond donors (Lipinski definition) is 0. The Balaban J connectivity index is 1.74. The first-order chi connectivity index (χ1) is 15.3. The largest absolute Gasteiger partial charge is 0.450 e. The summed E-state index contributed by atoms with van der Waals surface area (Å²) in [7, 11) is 0. The van der Waals surface area contributed by atoms with Gasteiger partial charge in [0.2, 0.25) is 5.76 Å². The summed E-state index contributed by atoms with van der Waals surface area (Å²) >= 11 is 3.53. The zero-order valence-corrected chi connectivity index (χ0v) is 19.7. The number of benzene rings is 3. The van der Waals surface area contributed by atoms with E-state index in [9.17, 15) is 9.59 Å². The highest BCUT2D eigenvalue weighted by Crippen LogP contribution is 2.40. The minimum absolute atomic E-state index is 0.142. The zero-order valence-electron chi connectivity index (χ0n) is 18.1. The Hall–Kier alpha value is -3.18. The molecule has 0 fully saturated rings. The van der Waals surface area contributed by atoms with Crippen molar-refractivity contribution in [3.63, 3.8) is 0 Å². The van der Waals surface area contributed by atoms with E-state index in [1.54, 1.807) is 4.90 Å². The van der Waals surface area contributed by atoms with Crippen LogP contribution in [-0.4, -0.2) is 10.8 Å². The average Bonchev–Trinajstić information content (AvgIpc) is 3.03. The molecule has 160 valence electrons. The Morgan fingerprint density at radius 1 is 0.938 bits per heavy atom. The lowest BCUT2D eigenvalue weighted by Crippen LogP contribution is -2.29. The number of halogens is 1. The molecule has 0 radical (unpaired) electrons. The Morgan fingerprint density at radius 3 is 2.38 bits per heavy atom. The number of carbonyl (C=O) groups is 1. The van der Waals surface area contributed by atoms with Crippen LogP contribution in [0.1, 0.15) is 50.0 Å². The molecule has 5 rings (SSSR count). The molecule has 1 aromatic heterocycles. The van der Waals surface area contributed by atoms with Crippen molar-refractivity contribution in [2.75, 3.05) is 0 Å². The predicted molar refractivity (Wildman–Crippen MR) is 129 cm³/mol. The van der Waals surface area contributed by atoms with Gasteiger partial charge in [-0.2, -0.15) is 0 Å². The summed E-state index contributed by atoms with van der Waals surface area (Å²) in [6.45, 7) is 6.36. The third-order valence-corrected chi connectivity index (χ3v) is 6.71. The van der Waals surface area contributed by atoms with Gasteiger partial charge in [-0.15, -0.1) is 0 Å². The molecule has 1 atom stereocenters. The van der Waals surface area contributed by atoms with Crippen LogP contribution in [0.5, 0.6) is 0 Å². The number of rotatable bonds is 3. The second-order valence-corrected chi connectivity index (χ2v) is 9.40. The van der Waals surface area contributed by atoms with Crippen LogP contribution in [0.25, 0.3) is 11.0 Å². The lowest BCUT2D eigenvalue weighted by Gasteiger charge is -2.25. The molecule has 0 aliphatic carbocycles. The van der Waals surface area contributed by atoms with E-state index < -0.39 is 6.04 Å². The lowest BCUT2D eigenvalue weighted by atomic mass is 9.97. The van der Waals surface area contributed by atoms with Gasteiger partial charge >= 0.3 is 0 Å². The number of carbonyl (C=O) groups excluding carboxylic acids is 1. The van der Waals surface area contributed by atoms with Gasteiger partial charge in [0.1, 0.15) is 5.58 Å². The molecule has 3 aromatic carbocycles. The van der Waals surface area contributed by atoms with Crippen molar-refractivity contribution in [3.8, 4) is 0 Å². The minimum Gasteiger partial charge on any atom is -0.450 e. The standard InChI is InChI=1S/C27H22BrNO3/c1-15-7-9-18(10-8-15)14-29-24(19-5-4-6-20(28)13-19)23-25(30)21-11-16(2)17(3)12-22(21)32-26(23)27(29)31/h4-13,24H,14H2,1-3H3/t24-/m0/s1. The Bertz CT molecular complexity index is 1440. The number of fused-ring (bicyclic) bond motifs is 2. The van der Waals surface area contributed by atoms with Gasteiger partial charge in [0.25, 0.3) is 5.91 Å². The van der Waals surface area contributed by atoms with Gasteiger partial charge in [-0.1, -0.05) is 57.9 Å². The first-order valence-electron chi connectivity index (χ1n) is 10.5. The van der Waals surface area contributed by atoms with E-state index >= 15 is 0 Å². The quantitative estimate of drug-likeness (QED) is 0.344.